The fraction of sp³-hybridized carbons (Fsp3) is 0.548. The summed E-state index contributed by atoms with van der Waals surface area (Å²) in [7, 11) is 6.57. The summed E-state index contributed by atoms with van der Waals surface area (Å²) in [4.78, 5) is 33.0. The van der Waals surface area contributed by atoms with Crippen molar-refractivity contribution in [3.63, 3.8) is 0 Å². The van der Waals surface area contributed by atoms with Crippen molar-refractivity contribution in [1.29, 1.82) is 0 Å². The average molecular weight is 745 g/mol. The van der Waals surface area contributed by atoms with E-state index in [1.807, 2.05) is 6.20 Å². The van der Waals surface area contributed by atoms with Gasteiger partial charge in [-0.2, -0.15) is 0 Å². The smallest absolute Gasteiger partial charge is 0.139 e. The summed E-state index contributed by atoms with van der Waals surface area (Å²) in [5.74, 6) is 2.71. The highest BCUT2D eigenvalue weighted by molar-refractivity contribution is 5.72. The van der Waals surface area contributed by atoms with Crippen molar-refractivity contribution >= 4 is 18.3 Å². The van der Waals surface area contributed by atoms with Gasteiger partial charge in [-0.15, -0.1) is 0 Å². The van der Waals surface area contributed by atoms with Crippen molar-refractivity contribution in [2.24, 2.45) is 23.3 Å². The number of aldehydes is 2. The first kappa shape index (κ1) is 42.8. The minimum atomic E-state index is -0.639. The molecule has 7 atom stereocenters. The Labute approximate surface area is 321 Å². The number of nitrogens with one attached hydrogen (secondary N) is 3. The summed E-state index contributed by atoms with van der Waals surface area (Å²) >= 11 is 0. The predicted molar refractivity (Wildman–Crippen MR) is 217 cm³/mol. The lowest BCUT2D eigenvalue weighted by Crippen LogP contribution is -2.53. The van der Waals surface area contributed by atoms with Crippen LogP contribution in [-0.2, 0) is 9.59 Å². The predicted octanol–water partition coefficient (Wildman–Crippen LogP) is 4.26. The number of fused-ring (bicyclic) bond motifs is 4. The molecule has 296 valence electrons. The van der Waals surface area contributed by atoms with Crippen molar-refractivity contribution in [2.45, 2.75) is 108 Å². The number of hydrogen-bond donors (Lipinski definition) is 7. The summed E-state index contributed by atoms with van der Waals surface area (Å²) < 4.78 is 0. The van der Waals surface area contributed by atoms with Crippen LogP contribution >= 0.6 is 0 Å². The van der Waals surface area contributed by atoms with Gasteiger partial charge in [-0.3, -0.25) is 9.80 Å². The number of carbonyl (C=O) groups is 2. The Kier molecular flexibility index (Phi) is 14.8. The molecule has 1 aromatic heterocycles. The van der Waals surface area contributed by atoms with E-state index in [-0.39, 0.29) is 0 Å². The van der Waals surface area contributed by atoms with Gasteiger partial charge in [-0.1, -0.05) is 48.5 Å². The molecule has 4 heterocycles. The highest BCUT2D eigenvalue weighted by Crippen LogP contribution is 2.48. The molecule has 0 amide bonds. The third-order valence-electron chi connectivity index (χ3n) is 11.1. The molecule has 5 aliphatic rings. The fourth-order valence-corrected chi connectivity index (χ4v) is 8.47. The van der Waals surface area contributed by atoms with E-state index in [1.54, 1.807) is 27.7 Å². The Bertz CT molecular complexity index is 1640. The SMILES string of the molecule is CC(C)(N)C=O.CC(C)(N)C=O.CN1C2CCC(C2)C1c1ncc(-c2ccc(-c3ccc(C4=CNC(C5C6CCC(C6)N5C)N4)cc3)cc2)[nH]1.CO.CO. The number of hydrogen-bond acceptors (Lipinski definition) is 11. The Morgan fingerprint density at radius 3 is 1.65 bits per heavy atom. The van der Waals surface area contributed by atoms with Crippen molar-refractivity contribution in [1.82, 2.24) is 30.4 Å². The van der Waals surface area contributed by atoms with Crippen LogP contribution in [0.25, 0.3) is 28.1 Å². The molecular formula is C42H64N8O4. The first-order chi connectivity index (χ1) is 25.7. The molecule has 12 nitrogen and oxygen atoms in total. The Morgan fingerprint density at radius 2 is 1.19 bits per heavy atom. The first-order valence-corrected chi connectivity index (χ1v) is 19.1. The van der Waals surface area contributed by atoms with E-state index in [0.29, 0.717) is 30.8 Å². The lowest BCUT2D eigenvalue weighted by Gasteiger charge is -2.36. The Balaban J connectivity index is 0.000000349. The number of benzene rings is 2. The molecule has 2 aromatic carbocycles. The summed E-state index contributed by atoms with van der Waals surface area (Å²) in [5.41, 5.74) is 16.3. The number of likely N-dealkylation sites (N-methyl/N-ethyl adjacent to an activating group) is 1. The van der Waals surface area contributed by atoms with Gasteiger partial charge in [0.1, 0.15) is 24.6 Å². The van der Waals surface area contributed by atoms with E-state index in [1.165, 1.54) is 66.5 Å². The largest absolute Gasteiger partial charge is 0.400 e. The van der Waals surface area contributed by atoms with Crippen LogP contribution in [0.3, 0.4) is 0 Å². The van der Waals surface area contributed by atoms with Gasteiger partial charge in [0.2, 0.25) is 0 Å². The van der Waals surface area contributed by atoms with E-state index >= 15 is 0 Å². The summed E-state index contributed by atoms with van der Waals surface area (Å²) in [6.45, 7) is 6.61. The molecule has 2 aliphatic carbocycles. The van der Waals surface area contributed by atoms with Crippen LogP contribution in [0.15, 0.2) is 60.9 Å². The molecule has 7 unspecified atom stereocenters. The van der Waals surface area contributed by atoms with Gasteiger partial charge in [0.15, 0.2) is 0 Å². The number of rotatable bonds is 7. The maximum Gasteiger partial charge on any atom is 0.139 e. The van der Waals surface area contributed by atoms with Crippen LogP contribution in [-0.4, -0.2) is 106 Å². The number of carbonyl (C=O) groups excluding carboxylic acids is 2. The van der Waals surface area contributed by atoms with E-state index in [2.05, 4.69) is 94.2 Å². The highest BCUT2D eigenvalue weighted by Gasteiger charge is 2.48. The standard InChI is InChI=1S/C32H38N6.2C4H9NO.2CH4O/c1-37-25-13-11-23(15-25)29(37)31-33-17-27(35-31)21-7-3-19(4-8-21)20-5-9-22(10-6-20)28-18-34-32(36-28)30-24-12-14-26(16-24)38(30)2;2*1-4(2,5)3-6;2*1-2/h3-10,17-18,23-26,29-31,33,35H,11-16H2,1-2H3,(H,34,36);2*3H,5H2,1-2H3;2*2H,1H3. The zero-order valence-corrected chi connectivity index (χ0v) is 33.4. The minimum absolute atomic E-state index is 0.310. The normalized spacial score (nSPS) is 26.7. The Hall–Kier alpha value is -3.91. The molecule has 9 N–H and O–H groups in total. The van der Waals surface area contributed by atoms with Crippen LogP contribution in [0.4, 0.5) is 0 Å². The quantitative estimate of drug-likeness (QED) is 0.172. The summed E-state index contributed by atoms with van der Waals surface area (Å²) in [6, 6.07) is 20.4. The number of H-pyrrole nitrogens is 1. The zero-order valence-electron chi connectivity index (χ0n) is 33.4. The van der Waals surface area contributed by atoms with Gasteiger partial charge >= 0.3 is 0 Å². The van der Waals surface area contributed by atoms with Crippen LogP contribution in [0.5, 0.6) is 0 Å². The molecule has 4 fully saturated rings. The molecule has 3 aromatic rings. The van der Waals surface area contributed by atoms with Crippen molar-refractivity contribution in [2.75, 3.05) is 28.3 Å². The molecule has 0 radical (unpaired) electrons. The summed E-state index contributed by atoms with van der Waals surface area (Å²) in [5, 5.41) is 21.4. The third-order valence-corrected chi connectivity index (χ3v) is 11.1. The maximum atomic E-state index is 9.70. The molecule has 2 saturated heterocycles. The van der Waals surface area contributed by atoms with Crippen molar-refractivity contribution in [3.05, 3.63) is 72.3 Å². The molecule has 2 saturated carbocycles. The minimum Gasteiger partial charge on any atom is -0.400 e. The number of piperidine rings is 2. The summed E-state index contributed by atoms with van der Waals surface area (Å²) in [6.07, 6.45) is 14.0. The van der Waals surface area contributed by atoms with E-state index < -0.39 is 11.1 Å². The second-order valence-electron chi connectivity index (χ2n) is 16.3. The maximum absolute atomic E-state index is 9.70. The van der Waals surface area contributed by atoms with Crippen molar-refractivity contribution in [3.8, 4) is 22.4 Å². The van der Waals surface area contributed by atoms with Crippen LogP contribution in [0.2, 0.25) is 0 Å². The number of nitrogens with two attached hydrogens (primary N) is 2. The second kappa shape index (κ2) is 18.6. The van der Waals surface area contributed by atoms with E-state index in [4.69, 9.17) is 26.7 Å². The Morgan fingerprint density at radius 1 is 0.722 bits per heavy atom. The molecular weight excluding hydrogens is 681 g/mol. The van der Waals surface area contributed by atoms with Crippen molar-refractivity contribution < 1.29 is 19.8 Å². The molecule has 54 heavy (non-hydrogen) atoms. The van der Waals surface area contributed by atoms with Gasteiger partial charge in [0, 0.05) is 32.5 Å². The van der Waals surface area contributed by atoms with Gasteiger partial charge in [-0.05, 0) is 114 Å². The monoisotopic (exact) mass is 745 g/mol. The number of likely N-dealkylation sites (tertiary alicyclic amines) is 2. The van der Waals surface area contributed by atoms with Gasteiger partial charge in [-0.25, -0.2) is 4.98 Å². The molecule has 0 spiro atoms. The topological polar surface area (TPSA) is 186 Å². The van der Waals surface area contributed by atoms with E-state index in [9.17, 15) is 9.59 Å². The third kappa shape index (κ3) is 10.2. The van der Waals surface area contributed by atoms with Gasteiger partial charge < -0.3 is 46.9 Å². The number of nitrogens with zero attached hydrogens (tertiary/aromatic N) is 3. The lowest BCUT2D eigenvalue weighted by atomic mass is 9.96. The highest BCUT2D eigenvalue weighted by atomic mass is 16.2. The molecule has 3 aliphatic heterocycles. The number of aliphatic hydroxyl groups is 2. The number of aromatic amines is 1. The van der Waals surface area contributed by atoms with Gasteiger partial charge in [0.25, 0.3) is 0 Å². The number of aromatic nitrogens is 2. The lowest BCUT2D eigenvalue weighted by molar-refractivity contribution is -0.111. The van der Waals surface area contributed by atoms with Gasteiger partial charge in [0.05, 0.1) is 40.7 Å². The molecule has 4 bridgehead atoms. The van der Waals surface area contributed by atoms with Crippen LogP contribution < -0.4 is 22.1 Å². The fourth-order valence-electron chi connectivity index (χ4n) is 8.47. The van der Waals surface area contributed by atoms with Crippen LogP contribution in [0, 0.1) is 11.8 Å². The second-order valence-corrected chi connectivity index (χ2v) is 16.3. The molecule has 12 heteroatoms. The zero-order chi connectivity index (χ0) is 39.8. The van der Waals surface area contributed by atoms with E-state index in [0.717, 1.165) is 49.7 Å². The number of aliphatic hydroxyl groups excluding tert-OH is 2. The molecule has 8 rings (SSSR count). The first-order valence-electron chi connectivity index (χ1n) is 19.1. The van der Waals surface area contributed by atoms with Crippen LogP contribution in [0.1, 0.15) is 83.6 Å². The number of imidazole rings is 1. The average Bonchev–Trinajstić information content (AvgIpc) is 4.04.